The van der Waals surface area contributed by atoms with Crippen molar-refractivity contribution in [3.8, 4) is 5.75 Å². The number of aryl methyl sites for hydroxylation is 1. The van der Waals surface area contributed by atoms with E-state index in [-0.39, 0.29) is 11.9 Å². The molecule has 0 aliphatic rings. The third-order valence-electron chi connectivity index (χ3n) is 3.38. The van der Waals surface area contributed by atoms with Crippen LogP contribution in [-0.4, -0.2) is 13.0 Å². The molecule has 5 heteroatoms. The van der Waals surface area contributed by atoms with E-state index < -0.39 is 5.82 Å². The predicted molar refractivity (Wildman–Crippen MR) is 87.7 cm³/mol. The van der Waals surface area contributed by atoms with Crippen molar-refractivity contribution in [2.45, 2.75) is 19.9 Å². The van der Waals surface area contributed by atoms with Gasteiger partial charge in [0.2, 0.25) is 0 Å². The van der Waals surface area contributed by atoms with Gasteiger partial charge in [-0.3, -0.25) is 4.79 Å². The van der Waals surface area contributed by atoms with Crippen LogP contribution < -0.4 is 10.1 Å². The highest BCUT2D eigenvalue weighted by molar-refractivity contribution is 9.10. The second-order valence-corrected chi connectivity index (χ2v) is 5.92. The number of rotatable bonds is 4. The van der Waals surface area contributed by atoms with E-state index in [1.54, 1.807) is 7.11 Å². The first-order valence-corrected chi connectivity index (χ1v) is 7.62. The Kier molecular flexibility index (Phi) is 5.19. The molecule has 0 aliphatic carbocycles. The molecule has 1 unspecified atom stereocenters. The first-order chi connectivity index (χ1) is 10.4. The van der Waals surface area contributed by atoms with Crippen LogP contribution in [0, 0.1) is 12.7 Å². The standard InChI is InChI=1S/C17H17BrFNO2/c1-10-4-7-16(22-3)14(8-10)11(2)20-17(21)13-6-5-12(19)9-15(13)18/h4-9,11H,1-3H3,(H,20,21). The summed E-state index contributed by atoms with van der Waals surface area (Å²) in [7, 11) is 1.60. The molecule has 0 bridgehead atoms. The van der Waals surface area contributed by atoms with E-state index in [0.29, 0.717) is 10.0 Å². The number of hydrogen-bond acceptors (Lipinski definition) is 2. The highest BCUT2D eigenvalue weighted by atomic mass is 79.9. The average Bonchev–Trinajstić information content (AvgIpc) is 2.46. The highest BCUT2D eigenvalue weighted by Gasteiger charge is 2.17. The summed E-state index contributed by atoms with van der Waals surface area (Å²) in [6.45, 7) is 3.86. The largest absolute Gasteiger partial charge is 0.496 e. The maximum absolute atomic E-state index is 13.1. The summed E-state index contributed by atoms with van der Waals surface area (Å²) < 4.78 is 18.9. The van der Waals surface area contributed by atoms with Crippen LogP contribution in [0.2, 0.25) is 0 Å². The minimum Gasteiger partial charge on any atom is -0.496 e. The predicted octanol–water partition coefficient (Wildman–Crippen LogP) is 4.40. The zero-order valence-corrected chi connectivity index (χ0v) is 14.2. The zero-order valence-electron chi connectivity index (χ0n) is 12.6. The van der Waals surface area contributed by atoms with Gasteiger partial charge < -0.3 is 10.1 Å². The van der Waals surface area contributed by atoms with Crippen LogP contribution >= 0.6 is 15.9 Å². The Morgan fingerprint density at radius 2 is 2.00 bits per heavy atom. The number of carbonyl (C=O) groups excluding carboxylic acids is 1. The van der Waals surface area contributed by atoms with Crippen LogP contribution in [0.5, 0.6) is 5.75 Å². The molecule has 1 amide bonds. The van der Waals surface area contributed by atoms with Crippen molar-refractivity contribution in [1.82, 2.24) is 5.32 Å². The number of carbonyl (C=O) groups is 1. The van der Waals surface area contributed by atoms with Crippen LogP contribution in [-0.2, 0) is 0 Å². The summed E-state index contributed by atoms with van der Waals surface area (Å²) in [6, 6.07) is 9.55. The highest BCUT2D eigenvalue weighted by Crippen LogP contribution is 2.27. The lowest BCUT2D eigenvalue weighted by atomic mass is 10.0. The van der Waals surface area contributed by atoms with Crippen LogP contribution in [0.25, 0.3) is 0 Å². The van der Waals surface area contributed by atoms with Gasteiger partial charge in [0.25, 0.3) is 5.91 Å². The van der Waals surface area contributed by atoms with E-state index in [1.807, 2.05) is 32.0 Å². The fourth-order valence-corrected chi connectivity index (χ4v) is 2.75. The van der Waals surface area contributed by atoms with Crippen molar-refractivity contribution >= 4 is 21.8 Å². The van der Waals surface area contributed by atoms with Crippen molar-refractivity contribution in [3.05, 3.63) is 63.4 Å². The van der Waals surface area contributed by atoms with Crippen molar-refractivity contribution in [3.63, 3.8) is 0 Å². The van der Waals surface area contributed by atoms with Gasteiger partial charge in [-0.25, -0.2) is 4.39 Å². The molecular weight excluding hydrogens is 349 g/mol. The Balaban J connectivity index is 2.23. The number of benzene rings is 2. The van der Waals surface area contributed by atoms with E-state index in [2.05, 4.69) is 21.2 Å². The number of amides is 1. The van der Waals surface area contributed by atoms with E-state index >= 15 is 0 Å². The van der Waals surface area contributed by atoms with Gasteiger partial charge in [0, 0.05) is 10.0 Å². The summed E-state index contributed by atoms with van der Waals surface area (Å²) in [4.78, 5) is 12.3. The van der Waals surface area contributed by atoms with Crippen LogP contribution in [0.4, 0.5) is 4.39 Å². The number of halogens is 2. The van der Waals surface area contributed by atoms with Gasteiger partial charge in [-0.15, -0.1) is 0 Å². The van der Waals surface area contributed by atoms with Gasteiger partial charge in [0.1, 0.15) is 11.6 Å². The normalized spacial score (nSPS) is 11.9. The number of nitrogens with one attached hydrogen (secondary N) is 1. The SMILES string of the molecule is COc1ccc(C)cc1C(C)NC(=O)c1ccc(F)cc1Br. The summed E-state index contributed by atoms with van der Waals surface area (Å²) in [5.74, 6) is 0.0522. The molecule has 0 saturated carbocycles. The number of hydrogen-bond donors (Lipinski definition) is 1. The molecule has 1 N–H and O–H groups in total. The van der Waals surface area contributed by atoms with Crippen molar-refractivity contribution in [1.29, 1.82) is 0 Å². The topological polar surface area (TPSA) is 38.3 Å². The molecule has 0 aliphatic heterocycles. The maximum atomic E-state index is 13.1. The fraction of sp³-hybridized carbons (Fsp3) is 0.235. The smallest absolute Gasteiger partial charge is 0.252 e. The Morgan fingerprint density at radius 3 is 2.64 bits per heavy atom. The molecule has 0 spiro atoms. The van der Waals surface area contributed by atoms with E-state index in [9.17, 15) is 9.18 Å². The van der Waals surface area contributed by atoms with Crippen LogP contribution in [0.1, 0.15) is 34.5 Å². The van der Waals surface area contributed by atoms with Crippen LogP contribution in [0.15, 0.2) is 40.9 Å². The molecule has 0 heterocycles. The molecule has 2 aromatic carbocycles. The molecular formula is C17H17BrFNO2. The lowest BCUT2D eigenvalue weighted by Crippen LogP contribution is -2.27. The molecule has 2 rings (SSSR count). The van der Waals surface area contributed by atoms with Crippen molar-refractivity contribution in [2.24, 2.45) is 0 Å². The summed E-state index contributed by atoms with van der Waals surface area (Å²) in [5.41, 5.74) is 2.37. The first kappa shape index (κ1) is 16.5. The maximum Gasteiger partial charge on any atom is 0.252 e. The van der Waals surface area contributed by atoms with E-state index in [4.69, 9.17) is 4.74 Å². The lowest BCUT2D eigenvalue weighted by molar-refractivity contribution is 0.0938. The third kappa shape index (κ3) is 3.65. The van der Waals surface area contributed by atoms with Gasteiger partial charge in [0.05, 0.1) is 18.7 Å². The zero-order chi connectivity index (χ0) is 16.3. The van der Waals surface area contributed by atoms with Gasteiger partial charge in [0.15, 0.2) is 0 Å². The van der Waals surface area contributed by atoms with E-state index in [0.717, 1.165) is 16.9 Å². The second kappa shape index (κ2) is 6.92. The van der Waals surface area contributed by atoms with Crippen molar-refractivity contribution in [2.75, 3.05) is 7.11 Å². The van der Waals surface area contributed by atoms with Gasteiger partial charge in [-0.05, 0) is 54.0 Å². The fourth-order valence-electron chi connectivity index (χ4n) is 2.22. The Bertz CT molecular complexity index is 703. The molecule has 3 nitrogen and oxygen atoms in total. The third-order valence-corrected chi connectivity index (χ3v) is 4.03. The number of ether oxygens (including phenoxy) is 1. The lowest BCUT2D eigenvalue weighted by Gasteiger charge is -2.18. The Labute approximate surface area is 137 Å². The van der Waals surface area contributed by atoms with Crippen molar-refractivity contribution < 1.29 is 13.9 Å². The summed E-state index contributed by atoms with van der Waals surface area (Å²) in [5, 5.41) is 2.90. The molecule has 0 aromatic heterocycles. The summed E-state index contributed by atoms with van der Waals surface area (Å²) >= 11 is 3.21. The second-order valence-electron chi connectivity index (χ2n) is 5.06. The molecule has 22 heavy (non-hydrogen) atoms. The average molecular weight is 366 g/mol. The Morgan fingerprint density at radius 1 is 1.27 bits per heavy atom. The molecule has 0 saturated heterocycles. The monoisotopic (exact) mass is 365 g/mol. The number of methoxy groups -OCH3 is 1. The first-order valence-electron chi connectivity index (χ1n) is 6.83. The molecule has 1 atom stereocenters. The van der Waals surface area contributed by atoms with Gasteiger partial charge >= 0.3 is 0 Å². The molecule has 116 valence electrons. The quantitative estimate of drug-likeness (QED) is 0.871. The van der Waals surface area contributed by atoms with Gasteiger partial charge in [-0.2, -0.15) is 0 Å². The van der Waals surface area contributed by atoms with Crippen LogP contribution in [0.3, 0.4) is 0 Å². The van der Waals surface area contributed by atoms with Gasteiger partial charge in [-0.1, -0.05) is 17.7 Å². The minimum atomic E-state index is -0.392. The molecule has 0 fully saturated rings. The minimum absolute atomic E-state index is 0.237. The molecule has 2 aromatic rings. The summed E-state index contributed by atoms with van der Waals surface area (Å²) in [6.07, 6.45) is 0. The molecule has 0 radical (unpaired) electrons. The van der Waals surface area contributed by atoms with E-state index in [1.165, 1.54) is 18.2 Å². The Hall–Kier alpha value is -1.88.